The number of ether oxygens (including phenoxy) is 1. The summed E-state index contributed by atoms with van der Waals surface area (Å²) in [4.78, 5) is 11.7. The largest absolute Gasteiger partial charge is 0.482 e. The Bertz CT molecular complexity index is 659. The van der Waals surface area contributed by atoms with Gasteiger partial charge in [0.05, 0.1) is 5.56 Å². The van der Waals surface area contributed by atoms with Crippen molar-refractivity contribution in [3.63, 3.8) is 0 Å². The van der Waals surface area contributed by atoms with Gasteiger partial charge in [0.2, 0.25) is 5.78 Å². The Hall–Kier alpha value is -1.82. The second-order valence-corrected chi connectivity index (χ2v) is 4.83. The molecule has 0 atom stereocenters. The van der Waals surface area contributed by atoms with Gasteiger partial charge in [-0.2, -0.15) is 0 Å². The number of carbonyl (C=O) groups excluding carboxylic acids is 1. The van der Waals surface area contributed by atoms with Crippen LogP contribution in [0.25, 0.3) is 0 Å². The van der Waals surface area contributed by atoms with Crippen LogP contribution in [0.1, 0.15) is 10.4 Å². The van der Waals surface area contributed by atoms with Gasteiger partial charge in [0.25, 0.3) is 0 Å². The van der Waals surface area contributed by atoms with E-state index in [1.54, 1.807) is 6.07 Å². The second-order valence-electron chi connectivity index (χ2n) is 3.91. The summed E-state index contributed by atoms with van der Waals surface area (Å²) in [5, 5.41) is 0. The minimum atomic E-state index is -0.977. The van der Waals surface area contributed by atoms with Crippen molar-refractivity contribution in [2.75, 3.05) is 6.61 Å². The summed E-state index contributed by atoms with van der Waals surface area (Å²) in [6.07, 6.45) is 0. The average molecular weight is 345 g/mol. The molecule has 104 valence electrons. The standard InChI is InChI=1S/C14H8BrF3O2/c15-8-1-4-14(12(18)5-8)20-7-13(19)10-3-2-9(16)6-11(10)17/h1-6H,7H2. The highest BCUT2D eigenvalue weighted by Gasteiger charge is 2.14. The molecule has 0 radical (unpaired) electrons. The number of hydrogen-bond acceptors (Lipinski definition) is 2. The fourth-order valence-electron chi connectivity index (χ4n) is 1.53. The predicted octanol–water partition coefficient (Wildman–Crippen LogP) is 4.13. The summed E-state index contributed by atoms with van der Waals surface area (Å²) in [5.41, 5.74) is -0.302. The van der Waals surface area contributed by atoms with Crippen LogP contribution in [-0.2, 0) is 0 Å². The number of halogens is 4. The van der Waals surface area contributed by atoms with Crippen LogP contribution in [0.5, 0.6) is 5.75 Å². The van der Waals surface area contributed by atoms with Gasteiger partial charge in [-0.25, -0.2) is 13.2 Å². The van der Waals surface area contributed by atoms with Crippen LogP contribution in [0.3, 0.4) is 0 Å². The number of Topliss-reactive ketones (excluding diaryl/α,β-unsaturated/α-hetero) is 1. The van der Waals surface area contributed by atoms with Crippen LogP contribution >= 0.6 is 15.9 Å². The second kappa shape index (κ2) is 6.09. The van der Waals surface area contributed by atoms with E-state index in [0.29, 0.717) is 10.5 Å². The van der Waals surface area contributed by atoms with Crippen molar-refractivity contribution >= 4 is 21.7 Å². The van der Waals surface area contributed by atoms with Crippen LogP contribution in [0.2, 0.25) is 0 Å². The summed E-state index contributed by atoms with van der Waals surface area (Å²) in [6, 6.07) is 6.66. The third-order valence-electron chi connectivity index (χ3n) is 2.48. The van der Waals surface area contributed by atoms with Crippen molar-refractivity contribution in [3.8, 4) is 5.75 Å². The topological polar surface area (TPSA) is 26.3 Å². The lowest BCUT2D eigenvalue weighted by molar-refractivity contribution is 0.0914. The maximum Gasteiger partial charge on any atom is 0.203 e. The molecule has 2 nitrogen and oxygen atoms in total. The van der Waals surface area contributed by atoms with Crippen LogP contribution in [-0.4, -0.2) is 12.4 Å². The van der Waals surface area contributed by atoms with Gasteiger partial charge in [-0.15, -0.1) is 0 Å². The summed E-state index contributed by atoms with van der Waals surface area (Å²) >= 11 is 3.08. The lowest BCUT2D eigenvalue weighted by atomic mass is 10.1. The van der Waals surface area contributed by atoms with Crippen molar-refractivity contribution in [3.05, 3.63) is 63.9 Å². The van der Waals surface area contributed by atoms with Crippen LogP contribution in [0.15, 0.2) is 40.9 Å². The predicted molar refractivity (Wildman–Crippen MR) is 70.3 cm³/mol. The maximum atomic E-state index is 13.4. The number of ketones is 1. The molecule has 0 saturated carbocycles. The zero-order valence-corrected chi connectivity index (χ0v) is 11.6. The first-order chi connectivity index (χ1) is 9.47. The third kappa shape index (κ3) is 3.39. The van der Waals surface area contributed by atoms with Gasteiger partial charge in [0.1, 0.15) is 11.6 Å². The Morgan fingerprint density at radius 1 is 1.05 bits per heavy atom. The highest BCUT2D eigenvalue weighted by Crippen LogP contribution is 2.21. The summed E-state index contributed by atoms with van der Waals surface area (Å²) in [7, 11) is 0. The molecule has 0 unspecified atom stereocenters. The van der Waals surface area contributed by atoms with Gasteiger partial charge in [0, 0.05) is 10.5 Å². The first-order valence-corrected chi connectivity index (χ1v) is 6.33. The molecule has 6 heteroatoms. The number of hydrogen-bond donors (Lipinski definition) is 0. The molecule has 0 spiro atoms. The van der Waals surface area contributed by atoms with Crippen LogP contribution in [0, 0.1) is 17.5 Å². The smallest absolute Gasteiger partial charge is 0.203 e. The molecule has 2 aromatic carbocycles. The maximum absolute atomic E-state index is 13.4. The zero-order valence-electron chi connectivity index (χ0n) is 10.00. The number of carbonyl (C=O) groups is 1. The number of benzene rings is 2. The van der Waals surface area contributed by atoms with E-state index in [1.807, 2.05) is 0 Å². The highest BCUT2D eigenvalue weighted by molar-refractivity contribution is 9.10. The zero-order chi connectivity index (χ0) is 14.7. The van der Waals surface area contributed by atoms with Gasteiger partial charge in [-0.3, -0.25) is 4.79 Å². The highest BCUT2D eigenvalue weighted by atomic mass is 79.9. The summed E-state index contributed by atoms with van der Waals surface area (Å²) in [5.74, 6) is -3.23. The summed E-state index contributed by atoms with van der Waals surface area (Å²) < 4.78 is 45.0. The van der Waals surface area contributed by atoms with Gasteiger partial charge >= 0.3 is 0 Å². The van der Waals surface area contributed by atoms with Crippen LogP contribution < -0.4 is 4.74 Å². The van der Waals surface area contributed by atoms with Crippen molar-refractivity contribution in [1.29, 1.82) is 0 Å². The molecular formula is C14H8BrF3O2. The van der Waals surface area contributed by atoms with Crippen molar-refractivity contribution < 1.29 is 22.7 Å². The SMILES string of the molecule is O=C(COc1ccc(Br)cc1F)c1ccc(F)cc1F. The van der Waals surface area contributed by atoms with Gasteiger partial charge in [0.15, 0.2) is 18.2 Å². The minimum Gasteiger partial charge on any atom is -0.482 e. The van der Waals surface area contributed by atoms with Gasteiger partial charge in [-0.1, -0.05) is 15.9 Å². The Morgan fingerprint density at radius 3 is 2.45 bits per heavy atom. The lowest BCUT2D eigenvalue weighted by Crippen LogP contribution is -2.14. The van der Waals surface area contributed by atoms with Crippen LogP contribution in [0.4, 0.5) is 13.2 Å². The van der Waals surface area contributed by atoms with E-state index in [1.165, 1.54) is 12.1 Å². The Labute approximate surface area is 121 Å². The first kappa shape index (κ1) is 14.6. The minimum absolute atomic E-state index is 0.121. The van der Waals surface area contributed by atoms with E-state index in [4.69, 9.17) is 4.74 Å². The molecular weight excluding hydrogens is 337 g/mol. The molecule has 20 heavy (non-hydrogen) atoms. The molecule has 0 fully saturated rings. The molecule has 0 aliphatic heterocycles. The van der Waals surface area contributed by atoms with Gasteiger partial charge < -0.3 is 4.74 Å². The molecule has 0 aromatic heterocycles. The van der Waals surface area contributed by atoms with Crippen molar-refractivity contribution in [2.45, 2.75) is 0 Å². The molecule has 2 rings (SSSR count). The molecule has 0 bridgehead atoms. The Kier molecular flexibility index (Phi) is 4.44. The quantitative estimate of drug-likeness (QED) is 0.779. The van der Waals surface area contributed by atoms with E-state index in [9.17, 15) is 18.0 Å². The molecule has 2 aromatic rings. The average Bonchev–Trinajstić information content (AvgIpc) is 2.37. The van der Waals surface area contributed by atoms with Gasteiger partial charge in [-0.05, 0) is 30.3 Å². The fraction of sp³-hybridized carbons (Fsp3) is 0.0714. The van der Waals surface area contributed by atoms with Crippen molar-refractivity contribution in [1.82, 2.24) is 0 Å². The monoisotopic (exact) mass is 344 g/mol. The molecule has 0 amide bonds. The third-order valence-corrected chi connectivity index (χ3v) is 2.98. The van der Waals surface area contributed by atoms with Crippen molar-refractivity contribution in [2.24, 2.45) is 0 Å². The molecule has 0 aliphatic rings. The van der Waals surface area contributed by atoms with E-state index in [2.05, 4.69) is 15.9 Å². The van der Waals surface area contributed by atoms with E-state index >= 15 is 0 Å². The Balaban J connectivity index is 2.08. The fourth-order valence-corrected chi connectivity index (χ4v) is 1.86. The molecule has 0 aliphatic carbocycles. The lowest BCUT2D eigenvalue weighted by Gasteiger charge is -2.07. The molecule has 0 heterocycles. The molecule has 0 saturated heterocycles. The van der Waals surface area contributed by atoms with E-state index < -0.39 is 29.8 Å². The Morgan fingerprint density at radius 2 is 1.80 bits per heavy atom. The normalized spacial score (nSPS) is 10.4. The summed E-state index contributed by atoms with van der Waals surface area (Å²) in [6.45, 7) is -0.541. The van der Waals surface area contributed by atoms with E-state index in [-0.39, 0.29) is 11.3 Å². The van der Waals surface area contributed by atoms with E-state index in [0.717, 1.165) is 12.1 Å². The number of rotatable bonds is 4. The first-order valence-electron chi connectivity index (χ1n) is 5.53. The molecule has 0 N–H and O–H groups in total.